The minimum absolute atomic E-state index is 0.107. The summed E-state index contributed by atoms with van der Waals surface area (Å²) in [5.74, 6) is 0.447. The van der Waals surface area contributed by atoms with Crippen LogP contribution in [0.5, 0.6) is 0 Å². The summed E-state index contributed by atoms with van der Waals surface area (Å²) >= 11 is 0. The van der Waals surface area contributed by atoms with Crippen LogP contribution < -0.4 is 10.7 Å². The molecule has 7 nitrogen and oxygen atoms in total. The van der Waals surface area contributed by atoms with E-state index in [0.29, 0.717) is 17.1 Å². The van der Waals surface area contributed by atoms with Gasteiger partial charge in [-0.3, -0.25) is 4.79 Å². The molecule has 7 heteroatoms. The molecular formula is C22H21N3O4. The highest BCUT2D eigenvalue weighted by molar-refractivity contribution is 5.90. The van der Waals surface area contributed by atoms with Gasteiger partial charge in [0.25, 0.3) is 5.91 Å². The van der Waals surface area contributed by atoms with E-state index >= 15 is 0 Å². The molecule has 1 aromatic heterocycles. The van der Waals surface area contributed by atoms with Crippen molar-refractivity contribution in [1.82, 2.24) is 5.43 Å². The van der Waals surface area contributed by atoms with Gasteiger partial charge in [-0.15, -0.1) is 0 Å². The van der Waals surface area contributed by atoms with Gasteiger partial charge >= 0.3 is 5.97 Å². The summed E-state index contributed by atoms with van der Waals surface area (Å²) in [7, 11) is 1.34. The van der Waals surface area contributed by atoms with Crippen LogP contribution >= 0.6 is 0 Å². The SMILES string of the molecule is COC(=O)c1ccc(-c2ccc(/C=N\NC(=O)CNc3ccc(C)cc3)o2)cc1. The summed E-state index contributed by atoms with van der Waals surface area (Å²) in [5.41, 5.74) is 5.74. The van der Waals surface area contributed by atoms with Crippen LogP contribution in [0.4, 0.5) is 5.69 Å². The van der Waals surface area contributed by atoms with E-state index in [1.54, 1.807) is 36.4 Å². The largest absolute Gasteiger partial charge is 0.465 e. The zero-order valence-corrected chi connectivity index (χ0v) is 16.1. The molecule has 148 valence electrons. The van der Waals surface area contributed by atoms with Crippen LogP contribution in [0.15, 0.2) is 70.2 Å². The van der Waals surface area contributed by atoms with Crippen molar-refractivity contribution in [3.63, 3.8) is 0 Å². The first-order valence-electron chi connectivity index (χ1n) is 8.96. The number of esters is 1. The lowest BCUT2D eigenvalue weighted by atomic mass is 10.1. The van der Waals surface area contributed by atoms with E-state index in [4.69, 9.17) is 4.42 Å². The summed E-state index contributed by atoms with van der Waals surface area (Å²) in [5, 5.41) is 6.92. The summed E-state index contributed by atoms with van der Waals surface area (Å²) in [4.78, 5) is 23.3. The topological polar surface area (TPSA) is 92.9 Å². The number of rotatable bonds is 7. The number of aryl methyl sites for hydroxylation is 1. The van der Waals surface area contributed by atoms with Crippen LogP contribution in [0.1, 0.15) is 21.7 Å². The number of nitrogens with zero attached hydrogens (tertiary/aromatic N) is 1. The Morgan fingerprint density at radius 2 is 1.76 bits per heavy atom. The number of amides is 1. The Balaban J connectivity index is 1.51. The standard InChI is InChI=1S/C22H21N3O4/c1-15-3-9-18(10-4-15)23-14-21(26)25-24-13-19-11-12-20(29-19)16-5-7-17(8-6-16)22(27)28-2/h3-13,23H,14H2,1-2H3,(H,25,26)/b24-13-. The lowest BCUT2D eigenvalue weighted by Crippen LogP contribution is -2.25. The fourth-order valence-electron chi connectivity index (χ4n) is 2.53. The minimum atomic E-state index is -0.392. The molecule has 0 aliphatic heterocycles. The fraction of sp³-hybridized carbons (Fsp3) is 0.136. The van der Waals surface area contributed by atoms with Gasteiger partial charge in [-0.25, -0.2) is 10.2 Å². The quantitative estimate of drug-likeness (QED) is 0.365. The van der Waals surface area contributed by atoms with Crippen LogP contribution in [0.3, 0.4) is 0 Å². The maximum Gasteiger partial charge on any atom is 0.337 e. The highest BCUT2D eigenvalue weighted by Crippen LogP contribution is 2.22. The number of methoxy groups -OCH3 is 1. The van der Waals surface area contributed by atoms with Gasteiger partial charge in [-0.2, -0.15) is 5.10 Å². The molecule has 3 rings (SSSR count). The van der Waals surface area contributed by atoms with Crippen molar-refractivity contribution in [2.75, 3.05) is 19.0 Å². The Labute approximate surface area is 168 Å². The van der Waals surface area contributed by atoms with Gasteiger partial charge in [0.2, 0.25) is 0 Å². The molecule has 3 aromatic rings. The number of ether oxygens (including phenoxy) is 1. The predicted molar refractivity (Wildman–Crippen MR) is 111 cm³/mol. The average molecular weight is 391 g/mol. The van der Waals surface area contributed by atoms with Crippen molar-refractivity contribution in [1.29, 1.82) is 0 Å². The van der Waals surface area contributed by atoms with Crippen LogP contribution in [0.2, 0.25) is 0 Å². The number of carbonyl (C=O) groups is 2. The molecular weight excluding hydrogens is 370 g/mol. The van der Waals surface area contributed by atoms with Crippen molar-refractivity contribution in [2.24, 2.45) is 5.10 Å². The highest BCUT2D eigenvalue weighted by Gasteiger charge is 2.08. The van der Waals surface area contributed by atoms with Gasteiger partial charge in [-0.05, 0) is 43.3 Å². The zero-order chi connectivity index (χ0) is 20.6. The van der Waals surface area contributed by atoms with E-state index in [-0.39, 0.29) is 12.5 Å². The molecule has 1 amide bonds. The molecule has 1 heterocycles. The molecule has 0 radical (unpaired) electrons. The smallest absolute Gasteiger partial charge is 0.337 e. The number of benzene rings is 2. The number of anilines is 1. The van der Waals surface area contributed by atoms with Crippen LogP contribution in [0.25, 0.3) is 11.3 Å². The highest BCUT2D eigenvalue weighted by atomic mass is 16.5. The van der Waals surface area contributed by atoms with E-state index in [0.717, 1.165) is 16.8 Å². The van der Waals surface area contributed by atoms with Gasteiger partial charge in [0.1, 0.15) is 11.5 Å². The van der Waals surface area contributed by atoms with E-state index < -0.39 is 5.97 Å². The van der Waals surface area contributed by atoms with E-state index in [2.05, 4.69) is 20.6 Å². The Bertz CT molecular complexity index is 1010. The molecule has 0 bridgehead atoms. The van der Waals surface area contributed by atoms with Gasteiger partial charge in [0.05, 0.1) is 25.4 Å². The minimum Gasteiger partial charge on any atom is -0.465 e. The lowest BCUT2D eigenvalue weighted by molar-refractivity contribution is -0.119. The van der Waals surface area contributed by atoms with Crippen LogP contribution in [-0.2, 0) is 9.53 Å². The van der Waals surface area contributed by atoms with Crippen molar-refractivity contribution in [3.8, 4) is 11.3 Å². The van der Waals surface area contributed by atoms with Crippen LogP contribution in [0, 0.1) is 6.92 Å². The summed E-state index contributed by atoms with van der Waals surface area (Å²) in [6.07, 6.45) is 1.43. The number of hydrogen-bond acceptors (Lipinski definition) is 6. The van der Waals surface area contributed by atoms with Gasteiger partial charge in [-0.1, -0.05) is 29.8 Å². The third-order valence-electron chi connectivity index (χ3n) is 4.10. The third kappa shape index (κ3) is 5.55. The van der Waals surface area contributed by atoms with E-state index in [1.807, 2.05) is 31.2 Å². The number of hydrogen-bond donors (Lipinski definition) is 2. The monoisotopic (exact) mass is 391 g/mol. The van der Waals surface area contributed by atoms with Crippen molar-refractivity contribution in [2.45, 2.75) is 6.92 Å². The Kier molecular flexibility index (Phi) is 6.42. The van der Waals surface area contributed by atoms with E-state index in [1.165, 1.54) is 13.3 Å². The van der Waals surface area contributed by atoms with Crippen molar-refractivity contribution < 1.29 is 18.7 Å². The summed E-state index contributed by atoms with van der Waals surface area (Å²) < 4.78 is 10.4. The average Bonchev–Trinajstić information content (AvgIpc) is 3.22. The summed E-state index contributed by atoms with van der Waals surface area (Å²) in [6, 6.07) is 18.2. The van der Waals surface area contributed by atoms with Gasteiger partial charge in [0, 0.05) is 11.3 Å². The molecule has 2 N–H and O–H groups in total. The van der Waals surface area contributed by atoms with Gasteiger partial charge < -0.3 is 14.5 Å². The third-order valence-corrected chi connectivity index (χ3v) is 4.10. The first-order chi connectivity index (χ1) is 14.0. The Hall–Kier alpha value is -3.87. The first-order valence-corrected chi connectivity index (χ1v) is 8.96. The maximum atomic E-state index is 11.9. The fourth-order valence-corrected chi connectivity index (χ4v) is 2.53. The number of hydrazone groups is 1. The number of furan rings is 1. The molecule has 0 aliphatic rings. The molecule has 0 saturated heterocycles. The van der Waals surface area contributed by atoms with Crippen molar-refractivity contribution >= 4 is 23.8 Å². The first kappa shape index (κ1) is 19.9. The normalized spacial score (nSPS) is 10.7. The Morgan fingerprint density at radius 3 is 2.45 bits per heavy atom. The second-order valence-corrected chi connectivity index (χ2v) is 6.28. The summed E-state index contributed by atoms with van der Waals surface area (Å²) in [6.45, 7) is 2.11. The molecule has 0 spiro atoms. The molecule has 0 unspecified atom stereocenters. The zero-order valence-electron chi connectivity index (χ0n) is 16.1. The maximum absolute atomic E-state index is 11.9. The van der Waals surface area contributed by atoms with E-state index in [9.17, 15) is 9.59 Å². The molecule has 0 fully saturated rings. The van der Waals surface area contributed by atoms with Crippen molar-refractivity contribution in [3.05, 3.63) is 77.6 Å². The van der Waals surface area contributed by atoms with Crippen LogP contribution in [-0.4, -0.2) is 31.7 Å². The Morgan fingerprint density at radius 1 is 1.03 bits per heavy atom. The second-order valence-electron chi connectivity index (χ2n) is 6.28. The number of carbonyl (C=O) groups excluding carboxylic acids is 2. The molecule has 0 atom stereocenters. The van der Waals surface area contributed by atoms with Gasteiger partial charge in [0.15, 0.2) is 0 Å². The molecule has 2 aromatic carbocycles. The molecule has 29 heavy (non-hydrogen) atoms. The number of nitrogens with one attached hydrogen (secondary N) is 2. The molecule has 0 aliphatic carbocycles. The lowest BCUT2D eigenvalue weighted by Gasteiger charge is -2.05. The molecule has 0 saturated carbocycles. The second kappa shape index (κ2) is 9.36. The predicted octanol–water partition coefficient (Wildman–Crippen LogP) is 3.60.